The second-order valence-corrected chi connectivity index (χ2v) is 5.35. The van der Waals surface area contributed by atoms with Crippen LogP contribution in [0.15, 0.2) is 12.1 Å². The van der Waals surface area contributed by atoms with Gasteiger partial charge < -0.3 is 16.0 Å². The van der Waals surface area contributed by atoms with E-state index in [1.807, 2.05) is 6.07 Å². The molecule has 0 saturated heterocycles. The van der Waals surface area contributed by atoms with E-state index in [0.717, 1.165) is 24.4 Å². The highest BCUT2D eigenvalue weighted by Gasteiger charge is 2.08. The molecule has 1 aromatic heterocycles. The Kier molecular flexibility index (Phi) is 10.1. The molecule has 1 heterocycles. The lowest BCUT2D eigenvalue weighted by molar-refractivity contribution is -0.119. The van der Waals surface area contributed by atoms with Crippen molar-refractivity contribution in [2.75, 3.05) is 19.6 Å². The minimum absolute atomic E-state index is 0. The van der Waals surface area contributed by atoms with Gasteiger partial charge in [-0.05, 0) is 25.1 Å². The first-order valence-corrected chi connectivity index (χ1v) is 7.27. The number of thiophene rings is 1. The zero-order chi connectivity index (χ0) is 14.1. The van der Waals surface area contributed by atoms with Crippen LogP contribution in [0.4, 0.5) is 0 Å². The molecule has 114 valence electrons. The Morgan fingerprint density at radius 3 is 2.55 bits per heavy atom. The zero-order valence-corrected chi connectivity index (χ0v) is 13.5. The molecule has 0 aliphatic carbocycles. The second kappa shape index (κ2) is 10.7. The van der Waals surface area contributed by atoms with Gasteiger partial charge >= 0.3 is 0 Å². The van der Waals surface area contributed by atoms with Crippen LogP contribution in [0.1, 0.15) is 34.8 Å². The number of carbonyl (C=O) groups excluding carboxylic acids is 2. The van der Waals surface area contributed by atoms with Crippen LogP contribution >= 0.6 is 23.7 Å². The molecule has 1 aromatic rings. The van der Waals surface area contributed by atoms with Crippen LogP contribution in [-0.2, 0) is 11.3 Å². The van der Waals surface area contributed by atoms with E-state index in [4.69, 9.17) is 0 Å². The van der Waals surface area contributed by atoms with E-state index in [0.29, 0.717) is 18.0 Å². The third-order valence-corrected chi connectivity index (χ3v) is 3.50. The number of amides is 2. The molecule has 0 aliphatic rings. The molecular weight excluding hydrogens is 298 g/mol. The van der Waals surface area contributed by atoms with E-state index in [2.05, 4.69) is 22.9 Å². The summed E-state index contributed by atoms with van der Waals surface area (Å²) in [6, 6.07) is 3.65. The molecule has 0 spiro atoms. The number of halogens is 1. The summed E-state index contributed by atoms with van der Waals surface area (Å²) >= 11 is 1.40. The fourth-order valence-corrected chi connectivity index (χ4v) is 2.32. The van der Waals surface area contributed by atoms with Gasteiger partial charge in [0.05, 0.1) is 11.4 Å². The molecule has 5 nitrogen and oxygen atoms in total. The van der Waals surface area contributed by atoms with Gasteiger partial charge in [0.2, 0.25) is 5.91 Å². The van der Waals surface area contributed by atoms with Crippen molar-refractivity contribution in [2.45, 2.75) is 26.8 Å². The molecule has 0 saturated carbocycles. The van der Waals surface area contributed by atoms with E-state index in [9.17, 15) is 9.59 Å². The van der Waals surface area contributed by atoms with Crippen LogP contribution in [0.25, 0.3) is 0 Å². The maximum Gasteiger partial charge on any atom is 0.261 e. The Morgan fingerprint density at radius 1 is 1.15 bits per heavy atom. The SMILES string of the molecule is CCCNCCNC(=O)c1ccc(CNC(C)=O)s1.Cl. The van der Waals surface area contributed by atoms with E-state index in [1.54, 1.807) is 6.07 Å². The molecule has 0 unspecified atom stereocenters. The van der Waals surface area contributed by atoms with Crippen molar-refractivity contribution in [1.82, 2.24) is 16.0 Å². The van der Waals surface area contributed by atoms with Gasteiger partial charge in [-0.2, -0.15) is 0 Å². The molecule has 0 bridgehead atoms. The highest BCUT2D eigenvalue weighted by molar-refractivity contribution is 7.14. The molecule has 0 aliphatic heterocycles. The van der Waals surface area contributed by atoms with Crippen LogP contribution in [0.2, 0.25) is 0 Å². The number of hydrogen-bond acceptors (Lipinski definition) is 4. The lowest BCUT2D eigenvalue weighted by Gasteiger charge is -2.04. The molecule has 0 fully saturated rings. The molecular formula is C13H22ClN3O2S. The molecule has 0 radical (unpaired) electrons. The van der Waals surface area contributed by atoms with E-state index in [1.165, 1.54) is 18.3 Å². The average molecular weight is 320 g/mol. The highest BCUT2D eigenvalue weighted by atomic mass is 35.5. The predicted molar refractivity (Wildman–Crippen MR) is 84.6 cm³/mol. The fourth-order valence-electron chi connectivity index (χ4n) is 1.46. The first-order valence-electron chi connectivity index (χ1n) is 6.45. The Balaban J connectivity index is 0.00000361. The summed E-state index contributed by atoms with van der Waals surface area (Å²) in [4.78, 5) is 24.3. The third kappa shape index (κ3) is 7.47. The molecule has 3 N–H and O–H groups in total. The van der Waals surface area contributed by atoms with Crippen LogP contribution in [-0.4, -0.2) is 31.4 Å². The lowest BCUT2D eigenvalue weighted by Crippen LogP contribution is -2.31. The number of hydrogen-bond donors (Lipinski definition) is 3. The maximum atomic E-state index is 11.8. The Morgan fingerprint density at radius 2 is 1.90 bits per heavy atom. The smallest absolute Gasteiger partial charge is 0.261 e. The first kappa shape index (κ1) is 18.9. The summed E-state index contributed by atoms with van der Waals surface area (Å²) in [6.07, 6.45) is 1.09. The van der Waals surface area contributed by atoms with Crippen LogP contribution in [0.3, 0.4) is 0 Å². The van der Waals surface area contributed by atoms with Crippen molar-refractivity contribution >= 4 is 35.6 Å². The molecule has 0 atom stereocenters. The van der Waals surface area contributed by atoms with Gasteiger partial charge in [0, 0.05) is 24.9 Å². The number of rotatable bonds is 8. The van der Waals surface area contributed by atoms with Gasteiger partial charge in [-0.25, -0.2) is 0 Å². The van der Waals surface area contributed by atoms with Crippen molar-refractivity contribution in [1.29, 1.82) is 0 Å². The van der Waals surface area contributed by atoms with Crippen molar-refractivity contribution in [3.05, 3.63) is 21.9 Å². The third-order valence-electron chi connectivity index (χ3n) is 2.41. The number of carbonyl (C=O) groups is 2. The number of nitrogens with one attached hydrogen (secondary N) is 3. The molecule has 1 rings (SSSR count). The second-order valence-electron chi connectivity index (χ2n) is 4.18. The predicted octanol–water partition coefficient (Wildman–Crippen LogP) is 1.54. The average Bonchev–Trinajstić information content (AvgIpc) is 2.84. The minimum atomic E-state index is -0.0681. The van der Waals surface area contributed by atoms with E-state index in [-0.39, 0.29) is 24.2 Å². The van der Waals surface area contributed by atoms with Gasteiger partial charge in [-0.3, -0.25) is 9.59 Å². The maximum absolute atomic E-state index is 11.8. The van der Waals surface area contributed by atoms with Crippen molar-refractivity contribution in [3.8, 4) is 0 Å². The van der Waals surface area contributed by atoms with Crippen molar-refractivity contribution in [2.24, 2.45) is 0 Å². The zero-order valence-electron chi connectivity index (χ0n) is 11.8. The normalized spacial score (nSPS) is 9.70. The van der Waals surface area contributed by atoms with Crippen LogP contribution in [0, 0.1) is 0 Å². The summed E-state index contributed by atoms with van der Waals surface area (Å²) in [5.74, 6) is -0.126. The molecule has 20 heavy (non-hydrogen) atoms. The van der Waals surface area contributed by atoms with Gasteiger partial charge in [0.25, 0.3) is 5.91 Å². The van der Waals surface area contributed by atoms with Crippen molar-refractivity contribution < 1.29 is 9.59 Å². The monoisotopic (exact) mass is 319 g/mol. The summed E-state index contributed by atoms with van der Waals surface area (Å²) in [7, 11) is 0. The van der Waals surface area contributed by atoms with Gasteiger partial charge in [0.15, 0.2) is 0 Å². The lowest BCUT2D eigenvalue weighted by atomic mass is 10.4. The summed E-state index contributed by atoms with van der Waals surface area (Å²) in [5, 5.41) is 8.79. The summed E-state index contributed by atoms with van der Waals surface area (Å²) in [6.45, 7) is 6.43. The van der Waals surface area contributed by atoms with Gasteiger partial charge in [-0.1, -0.05) is 6.92 Å². The highest BCUT2D eigenvalue weighted by Crippen LogP contribution is 2.15. The molecule has 0 aromatic carbocycles. The van der Waals surface area contributed by atoms with Crippen LogP contribution < -0.4 is 16.0 Å². The fraction of sp³-hybridized carbons (Fsp3) is 0.538. The van der Waals surface area contributed by atoms with E-state index < -0.39 is 0 Å². The van der Waals surface area contributed by atoms with E-state index >= 15 is 0 Å². The first-order chi connectivity index (χ1) is 9.13. The quantitative estimate of drug-likeness (QED) is 0.637. The van der Waals surface area contributed by atoms with Crippen molar-refractivity contribution in [3.63, 3.8) is 0 Å². The Labute approximate surface area is 129 Å². The molecule has 7 heteroatoms. The molecule has 2 amide bonds. The summed E-state index contributed by atoms with van der Waals surface area (Å²) in [5.41, 5.74) is 0. The standard InChI is InChI=1S/C13H21N3O2S.ClH/c1-3-6-14-7-8-15-13(18)12-5-4-11(19-12)9-16-10(2)17;/h4-5,14H,3,6-9H2,1-2H3,(H,15,18)(H,16,17);1H. The van der Waals surface area contributed by atoms with Gasteiger partial charge in [-0.15, -0.1) is 23.7 Å². The largest absolute Gasteiger partial charge is 0.351 e. The summed E-state index contributed by atoms with van der Waals surface area (Å²) < 4.78 is 0. The topological polar surface area (TPSA) is 70.2 Å². The Bertz CT molecular complexity index is 424. The minimum Gasteiger partial charge on any atom is -0.351 e. The van der Waals surface area contributed by atoms with Gasteiger partial charge in [0.1, 0.15) is 0 Å². The Hall–Kier alpha value is -1.11. The van der Waals surface area contributed by atoms with Crippen LogP contribution in [0.5, 0.6) is 0 Å².